The van der Waals surface area contributed by atoms with E-state index in [1.54, 1.807) is 36.7 Å². The van der Waals surface area contributed by atoms with E-state index in [1.165, 1.54) is 18.3 Å². The minimum Gasteiger partial charge on any atom is -0.325 e. The molecular formula is C18H15N3O2S. The van der Waals surface area contributed by atoms with Crippen LogP contribution in [0.1, 0.15) is 23.0 Å². The van der Waals surface area contributed by atoms with Gasteiger partial charge in [-0.1, -0.05) is 12.1 Å². The van der Waals surface area contributed by atoms with Crippen molar-refractivity contribution in [2.75, 3.05) is 5.32 Å². The van der Waals surface area contributed by atoms with Crippen LogP contribution in [0.2, 0.25) is 0 Å². The van der Waals surface area contributed by atoms with Gasteiger partial charge in [-0.25, -0.2) is 4.98 Å². The normalized spacial score (nSPS) is 10.4. The van der Waals surface area contributed by atoms with Crippen LogP contribution in [-0.4, -0.2) is 21.7 Å². The molecular weight excluding hydrogens is 322 g/mol. The molecule has 0 spiro atoms. The lowest BCUT2D eigenvalue weighted by molar-refractivity contribution is -0.115. The molecule has 1 aromatic carbocycles. The minimum atomic E-state index is -0.202. The molecule has 0 saturated carbocycles. The lowest BCUT2D eigenvalue weighted by Gasteiger charge is -2.08. The van der Waals surface area contributed by atoms with E-state index >= 15 is 0 Å². The number of ketones is 1. The topological polar surface area (TPSA) is 72.0 Å². The molecule has 0 aliphatic rings. The van der Waals surface area contributed by atoms with Crippen molar-refractivity contribution in [3.8, 4) is 10.6 Å². The smallest absolute Gasteiger partial charge is 0.230 e. The first kappa shape index (κ1) is 16.0. The zero-order valence-corrected chi connectivity index (χ0v) is 13.8. The van der Waals surface area contributed by atoms with Gasteiger partial charge in [0.2, 0.25) is 5.91 Å². The molecule has 3 rings (SSSR count). The molecule has 2 aromatic heterocycles. The number of pyridine rings is 1. The Bertz CT molecular complexity index is 875. The van der Waals surface area contributed by atoms with Gasteiger partial charge in [0.25, 0.3) is 0 Å². The zero-order valence-electron chi connectivity index (χ0n) is 13.0. The van der Waals surface area contributed by atoms with Crippen LogP contribution >= 0.6 is 11.3 Å². The lowest BCUT2D eigenvalue weighted by Crippen LogP contribution is -2.16. The largest absolute Gasteiger partial charge is 0.325 e. The third kappa shape index (κ3) is 3.72. The maximum Gasteiger partial charge on any atom is 0.230 e. The number of anilines is 1. The van der Waals surface area contributed by atoms with E-state index in [1.807, 2.05) is 17.5 Å². The Balaban J connectivity index is 1.70. The number of thiazole rings is 1. The maximum atomic E-state index is 12.2. The number of amides is 1. The van der Waals surface area contributed by atoms with Gasteiger partial charge in [0.1, 0.15) is 5.01 Å². The van der Waals surface area contributed by atoms with Crippen molar-refractivity contribution in [3.63, 3.8) is 0 Å². The number of para-hydroxylation sites is 1. The second-order valence-electron chi connectivity index (χ2n) is 5.21. The summed E-state index contributed by atoms with van der Waals surface area (Å²) in [4.78, 5) is 32.4. The van der Waals surface area contributed by atoms with Crippen molar-refractivity contribution in [1.29, 1.82) is 0 Å². The van der Waals surface area contributed by atoms with Crippen molar-refractivity contribution in [1.82, 2.24) is 9.97 Å². The first-order chi connectivity index (χ1) is 11.6. The number of hydrogen-bond donors (Lipinski definition) is 1. The van der Waals surface area contributed by atoms with Gasteiger partial charge in [-0.15, -0.1) is 11.3 Å². The predicted octanol–water partition coefficient (Wildman–Crippen LogP) is 3.59. The molecule has 2 heterocycles. The van der Waals surface area contributed by atoms with Gasteiger partial charge in [0, 0.05) is 28.9 Å². The van der Waals surface area contributed by atoms with Gasteiger partial charge < -0.3 is 5.32 Å². The summed E-state index contributed by atoms with van der Waals surface area (Å²) in [5.41, 5.74) is 2.64. The highest BCUT2D eigenvalue weighted by Crippen LogP contribution is 2.23. The highest BCUT2D eigenvalue weighted by molar-refractivity contribution is 7.13. The fraction of sp³-hybridized carbons (Fsp3) is 0.111. The first-order valence-electron chi connectivity index (χ1n) is 7.38. The number of rotatable bonds is 5. The van der Waals surface area contributed by atoms with E-state index < -0.39 is 0 Å². The Labute approximate surface area is 143 Å². The number of benzene rings is 1. The molecule has 0 bridgehead atoms. The van der Waals surface area contributed by atoms with Crippen LogP contribution in [0.25, 0.3) is 10.6 Å². The molecule has 0 aliphatic carbocycles. The second-order valence-corrected chi connectivity index (χ2v) is 6.07. The van der Waals surface area contributed by atoms with Crippen molar-refractivity contribution < 1.29 is 9.59 Å². The quantitative estimate of drug-likeness (QED) is 0.722. The molecule has 24 heavy (non-hydrogen) atoms. The summed E-state index contributed by atoms with van der Waals surface area (Å²) in [6.07, 6.45) is 3.60. The number of carbonyl (C=O) groups excluding carboxylic acids is 2. The molecule has 0 fully saturated rings. The lowest BCUT2D eigenvalue weighted by atomic mass is 10.1. The van der Waals surface area contributed by atoms with Gasteiger partial charge in [0.15, 0.2) is 5.78 Å². The fourth-order valence-electron chi connectivity index (χ4n) is 2.27. The molecule has 5 nitrogen and oxygen atoms in total. The van der Waals surface area contributed by atoms with Crippen molar-refractivity contribution in [2.45, 2.75) is 13.3 Å². The molecule has 0 radical (unpaired) electrons. The van der Waals surface area contributed by atoms with Gasteiger partial charge in [0.05, 0.1) is 17.8 Å². The summed E-state index contributed by atoms with van der Waals surface area (Å²) in [6, 6.07) is 10.7. The third-order valence-corrected chi connectivity index (χ3v) is 4.32. The maximum absolute atomic E-state index is 12.2. The summed E-state index contributed by atoms with van der Waals surface area (Å²) >= 11 is 1.47. The molecule has 0 atom stereocenters. The van der Waals surface area contributed by atoms with Gasteiger partial charge in [-0.05, 0) is 31.2 Å². The van der Waals surface area contributed by atoms with E-state index in [-0.39, 0.29) is 18.1 Å². The predicted molar refractivity (Wildman–Crippen MR) is 94.1 cm³/mol. The van der Waals surface area contributed by atoms with Crippen LogP contribution in [0.4, 0.5) is 5.69 Å². The molecule has 0 saturated heterocycles. The first-order valence-corrected chi connectivity index (χ1v) is 8.26. The van der Waals surface area contributed by atoms with Crippen molar-refractivity contribution in [2.24, 2.45) is 0 Å². The van der Waals surface area contributed by atoms with Crippen LogP contribution in [0, 0.1) is 0 Å². The van der Waals surface area contributed by atoms with Gasteiger partial charge >= 0.3 is 0 Å². The summed E-state index contributed by atoms with van der Waals surface area (Å²) < 4.78 is 0. The molecule has 0 aliphatic heterocycles. The summed E-state index contributed by atoms with van der Waals surface area (Å²) in [5.74, 6) is -0.287. The number of nitrogens with zero attached hydrogens (tertiary/aromatic N) is 2. The number of aromatic nitrogens is 2. The fourth-order valence-corrected chi connectivity index (χ4v) is 3.08. The third-order valence-electron chi connectivity index (χ3n) is 3.38. The van der Waals surface area contributed by atoms with Crippen molar-refractivity contribution >= 4 is 28.7 Å². The monoisotopic (exact) mass is 337 g/mol. The number of nitrogens with one attached hydrogen (secondary N) is 1. The van der Waals surface area contributed by atoms with Crippen molar-refractivity contribution in [3.05, 3.63) is 65.4 Å². The average Bonchev–Trinajstić information content (AvgIpc) is 3.04. The van der Waals surface area contributed by atoms with E-state index in [0.717, 1.165) is 10.6 Å². The number of carbonyl (C=O) groups is 2. The van der Waals surface area contributed by atoms with E-state index in [0.29, 0.717) is 16.9 Å². The average molecular weight is 337 g/mol. The standard InChI is InChI=1S/C18H15N3O2S/c1-12(22)15-6-2-3-7-16(15)21-17(23)9-14-11-24-18(20-14)13-5-4-8-19-10-13/h2-8,10-11H,9H2,1H3,(H,21,23). The molecule has 120 valence electrons. The molecule has 1 N–H and O–H groups in total. The number of Topliss-reactive ketones (excluding diaryl/α,β-unsaturated/α-hetero) is 1. The molecule has 1 amide bonds. The van der Waals surface area contributed by atoms with Crippen LogP contribution in [0.3, 0.4) is 0 Å². The van der Waals surface area contributed by atoms with E-state index in [9.17, 15) is 9.59 Å². The van der Waals surface area contributed by atoms with Gasteiger partial charge in [-0.3, -0.25) is 14.6 Å². The van der Waals surface area contributed by atoms with Gasteiger partial charge in [-0.2, -0.15) is 0 Å². The highest BCUT2D eigenvalue weighted by atomic mass is 32.1. The Morgan fingerprint density at radius 2 is 2.00 bits per heavy atom. The zero-order chi connectivity index (χ0) is 16.9. The Morgan fingerprint density at radius 3 is 2.75 bits per heavy atom. The van der Waals surface area contributed by atoms with E-state index in [2.05, 4.69) is 15.3 Å². The van der Waals surface area contributed by atoms with Crippen LogP contribution in [0.15, 0.2) is 54.2 Å². The molecule has 3 aromatic rings. The summed E-state index contributed by atoms with van der Waals surface area (Å²) in [5, 5.41) is 5.47. The summed E-state index contributed by atoms with van der Waals surface area (Å²) in [7, 11) is 0. The minimum absolute atomic E-state index is 0.0848. The van der Waals surface area contributed by atoms with Crippen LogP contribution < -0.4 is 5.32 Å². The van der Waals surface area contributed by atoms with Crippen LogP contribution in [-0.2, 0) is 11.2 Å². The highest BCUT2D eigenvalue weighted by Gasteiger charge is 2.12. The van der Waals surface area contributed by atoms with Crippen LogP contribution in [0.5, 0.6) is 0 Å². The summed E-state index contributed by atoms with van der Waals surface area (Å²) in [6.45, 7) is 1.48. The molecule has 6 heteroatoms. The Kier molecular flexibility index (Phi) is 4.77. The molecule has 0 unspecified atom stereocenters. The number of hydrogen-bond acceptors (Lipinski definition) is 5. The second kappa shape index (κ2) is 7.14. The Hall–Kier alpha value is -2.86. The Morgan fingerprint density at radius 1 is 1.17 bits per heavy atom. The SMILES string of the molecule is CC(=O)c1ccccc1NC(=O)Cc1csc(-c2cccnc2)n1. The van der Waals surface area contributed by atoms with E-state index in [4.69, 9.17) is 0 Å².